The minimum absolute atomic E-state index is 0.749. The lowest BCUT2D eigenvalue weighted by Gasteiger charge is -2.00. The van der Waals surface area contributed by atoms with Gasteiger partial charge < -0.3 is 0 Å². The summed E-state index contributed by atoms with van der Waals surface area (Å²) >= 11 is 4.86. The lowest BCUT2D eigenvalue weighted by Crippen LogP contribution is -1.86. The van der Waals surface area contributed by atoms with Gasteiger partial charge in [-0.25, -0.2) is 9.97 Å². The topological polar surface area (TPSA) is 54.5 Å². The molecule has 0 amide bonds. The van der Waals surface area contributed by atoms with Gasteiger partial charge in [-0.05, 0) is 46.7 Å². The summed E-state index contributed by atoms with van der Waals surface area (Å²) in [5.74, 6) is 0. The van der Waals surface area contributed by atoms with Crippen molar-refractivity contribution < 1.29 is 0 Å². The van der Waals surface area contributed by atoms with E-state index in [0.717, 1.165) is 20.3 Å². The van der Waals surface area contributed by atoms with Crippen LogP contribution in [0.15, 0.2) is 33.1 Å². The van der Waals surface area contributed by atoms with Crippen LogP contribution in [0.4, 0.5) is 0 Å². The van der Waals surface area contributed by atoms with Crippen molar-refractivity contribution in [1.82, 2.24) is 20.2 Å². The highest BCUT2D eigenvalue weighted by Crippen LogP contribution is 2.24. The van der Waals surface area contributed by atoms with Crippen molar-refractivity contribution in [1.29, 1.82) is 0 Å². The number of nitrogens with one attached hydrogen (secondary N) is 1. The van der Waals surface area contributed by atoms with E-state index >= 15 is 0 Å². The molecule has 0 saturated carbocycles. The molecule has 0 unspecified atom stereocenters. The second-order valence-electron chi connectivity index (χ2n) is 2.61. The van der Waals surface area contributed by atoms with Gasteiger partial charge in [0.15, 0.2) is 5.16 Å². The summed E-state index contributed by atoms with van der Waals surface area (Å²) in [6.45, 7) is 1.95. The molecule has 0 saturated heterocycles. The second-order valence-corrected chi connectivity index (χ2v) is 4.47. The predicted molar refractivity (Wildman–Crippen MR) is 57.2 cm³/mol. The molecule has 2 heterocycles. The molecule has 0 spiro atoms. The highest BCUT2D eigenvalue weighted by atomic mass is 79.9. The summed E-state index contributed by atoms with van der Waals surface area (Å²) < 4.78 is 1.01. The Kier molecular flexibility index (Phi) is 2.83. The molecule has 1 N–H and O–H groups in total. The fourth-order valence-electron chi connectivity index (χ4n) is 0.920. The number of aromatic amines is 1. The Morgan fingerprint density at radius 3 is 2.93 bits per heavy atom. The average Bonchev–Trinajstić information content (AvgIpc) is 2.64. The maximum absolute atomic E-state index is 4.38. The van der Waals surface area contributed by atoms with Gasteiger partial charge in [-0.3, -0.25) is 5.10 Å². The predicted octanol–water partition coefficient (Wildman–Crippen LogP) is 2.42. The van der Waals surface area contributed by atoms with E-state index in [9.17, 15) is 0 Å². The number of hydrogen-bond acceptors (Lipinski definition) is 4. The van der Waals surface area contributed by atoms with Crippen LogP contribution >= 0.6 is 27.7 Å². The minimum Gasteiger partial charge on any atom is -0.254 e. The van der Waals surface area contributed by atoms with E-state index in [0.29, 0.717) is 0 Å². The molecule has 0 atom stereocenters. The van der Waals surface area contributed by atoms with Crippen LogP contribution in [0.3, 0.4) is 0 Å². The fourth-order valence-corrected chi connectivity index (χ4v) is 1.86. The van der Waals surface area contributed by atoms with E-state index in [4.69, 9.17) is 0 Å². The first-order valence-electron chi connectivity index (χ1n) is 3.92. The lowest BCUT2D eigenvalue weighted by atomic mass is 10.4. The molecule has 72 valence electrons. The van der Waals surface area contributed by atoms with Gasteiger partial charge in [0.25, 0.3) is 0 Å². The fraction of sp³-hybridized carbons (Fsp3) is 0.125. The van der Waals surface area contributed by atoms with E-state index in [1.165, 1.54) is 18.1 Å². The average molecular weight is 271 g/mol. The Balaban J connectivity index is 2.22. The standard InChI is InChI=1S/C8H7BrN4S/c1-5-6(9)2-3-7(12-5)14-8-10-4-11-13-8/h2-4H,1H3,(H,10,11,13). The molecule has 4 nitrogen and oxygen atoms in total. The van der Waals surface area contributed by atoms with Gasteiger partial charge in [0, 0.05) is 4.47 Å². The van der Waals surface area contributed by atoms with Crippen LogP contribution in [0, 0.1) is 6.92 Å². The van der Waals surface area contributed by atoms with Crippen molar-refractivity contribution in [2.45, 2.75) is 17.1 Å². The third-order valence-electron chi connectivity index (χ3n) is 1.59. The summed E-state index contributed by atoms with van der Waals surface area (Å²) in [5.41, 5.74) is 0.967. The van der Waals surface area contributed by atoms with Crippen molar-refractivity contribution in [3.63, 3.8) is 0 Å². The molecule has 14 heavy (non-hydrogen) atoms. The highest BCUT2D eigenvalue weighted by molar-refractivity contribution is 9.10. The third-order valence-corrected chi connectivity index (χ3v) is 3.25. The number of H-pyrrole nitrogens is 1. The molecule has 0 aliphatic carbocycles. The summed E-state index contributed by atoms with van der Waals surface area (Å²) in [4.78, 5) is 8.38. The molecular formula is C8H7BrN4S. The molecular weight excluding hydrogens is 264 g/mol. The number of pyridine rings is 1. The van der Waals surface area contributed by atoms with Gasteiger partial charge in [0.05, 0.1) is 5.69 Å². The van der Waals surface area contributed by atoms with Crippen molar-refractivity contribution in [2.24, 2.45) is 0 Å². The molecule has 0 radical (unpaired) electrons. The normalized spacial score (nSPS) is 10.4. The van der Waals surface area contributed by atoms with Crippen LogP contribution in [0.1, 0.15) is 5.69 Å². The second kappa shape index (κ2) is 4.10. The number of rotatable bonds is 2. The molecule has 2 rings (SSSR count). The van der Waals surface area contributed by atoms with Crippen LogP contribution in [0.2, 0.25) is 0 Å². The molecule has 2 aromatic rings. The summed E-state index contributed by atoms with van der Waals surface area (Å²) in [7, 11) is 0. The van der Waals surface area contributed by atoms with E-state index in [1.807, 2.05) is 19.1 Å². The quantitative estimate of drug-likeness (QED) is 0.911. The molecule has 0 fully saturated rings. The van der Waals surface area contributed by atoms with E-state index in [1.54, 1.807) is 0 Å². The van der Waals surface area contributed by atoms with Gasteiger partial charge in [0.2, 0.25) is 0 Å². The van der Waals surface area contributed by atoms with Crippen LogP contribution in [0.25, 0.3) is 0 Å². The summed E-state index contributed by atoms with van der Waals surface area (Å²) in [6.07, 6.45) is 1.48. The third kappa shape index (κ3) is 2.13. The zero-order valence-corrected chi connectivity index (χ0v) is 9.76. The van der Waals surface area contributed by atoms with Crippen LogP contribution in [-0.4, -0.2) is 20.2 Å². The number of halogens is 1. The monoisotopic (exact) mass is 270 g/mol. The van der Waals surface area contributed by atoms with E-state index in [-0.39, 0.29) is 0 Å². The molecule has 0 aliphatic rings. The van der Waals surface area contributed by atoms with Gasteiger partial charge in [-0.1, -0.05) is 0 Å². The summed E-state index contributed by atoms with van der Waals surface area (Å²) in [6, 6.07) is 3.91. The van der Waals surface area contributed by atoms with Gasteiger partial charge >= 0.3 is 0 Å². The van der Waals surface area contributed by atoms with Gasteiger partial charge in [-0.2, -0.15) is 5.10 Å². The maximum atomic E-state index is 4.38. The lowest BCUT2D eigenvalue weighted by molar-refractivity contribution is 0.962. The summed E-state index contributed by atoms with van der Waals surface area (Å²) in [5, 5.41) is 8.19. The SMILES string of the molecule is Cc1nc(Sc2ncn[nH]2)ccc1Br. The number of aromatic nitrogens is 4. The molecule has 0 aliphatic heterocycles. The Morgan fingerprint density at radius 1 is 1.43 bits per heavy atom. The minimum atomic E-state index is 0.749. The highest BCUT2D eigenvalue weighted by Gasteiger charge is 2.03. The van der Waals surface area contributed by atoms with E-state index in [2.05, 4.69) is 36.1 Å². The van der Waals surface area contributed by atoms with Crippen molar-refractivity contribution >= 4 is 27.7 Å². The van der Waals surface area contributed by atoms with E-state index < -0.39 is 0 Å². The van der Waals surface area contributed by atoms with Crippen molar-refractivity contribution in [2.75, 3.05) is 0 Å². The smallest absolute Gasteiger partial charge is 0.189 e. The zero-order valence-electron chi connectivity index (χ0n) is 7.36. The van der Waals surface area contributed by atoms with Crippen molar-refractivity contribution in [3.8, 4) is 0 Å². The molecule has 0 aromatic carbocycles. The first-order chi connectivity index (χ1) is 6.75. The molecule has 2 aromatic heterocycles. The Labute approximate surface area is 93.7 Å². The Bertz CT molecular complexity index is 429. The number of hydrogen-bond donors (Lipinski definition) is 1. The van der Waals surface area contributed by atoms with Crippen LogP contribution in [-0.2, 0) is 0 Å². The molecule has 0 bridgehead atoms. The number of aryl methyl sites for hydroxylation is 1. The first-order valence-corrected chi connectivity index (χ1v) is 5.53. The van der Waals surface area contributed by atoms with Crippen molar-refractivity contribution in [3.05, 3.63) is 28.6 Å². The van der Waals surface area contributed by atoms with Gasteiger partial charge in [-0.15, -0.1) is 0 Å². The first kappa shape index (κ1) is 9.67. The number of nitrogens with zero attached hydrogens (tertiary/aromatic N) is 3. The van der Waals surface area contributed by atoms with Crippen LogP contribution in [0.5, 0.6) is 0 Å². The largest absolute Gasteiger partial charge is 0.254 e. The maximum Gasteiger partial charge on any atom is 0.189 e. The molecule has 6 heteroatoms. The Morgan fingerprint density at radius 2 is 2.29 bits per heavy atom. The zero-order chi connectivity index (χ0) is 9.97. The van der Waals surface area contributed by atoms with Gasteiger partial charge in [0.1, 0.15) is 11.4 Å². The Hall–Kier alpha value is -0.880. The van der Waals surface area contributed by atoms with Crippen LogP contribution < -0.4 is 0 Å².